The van der Waals surface area contributed by atoms with Crippen LogP contribution in [0.1, 0.15) is 12.0 Å². The summed E-state index contributed by atoms with van der Waals surface area (Å²) in [6.07, 6.45) is 3.12. The smallest absolute Gasteiger partial charge is 0.141 e. The van der Waals surface area contributed by atoms with E-state index >= 15 is 0 Å². The van der Waals surface area contributed by atoms with Crippen molar-refractivity contribution in [3.8, 4) is 5.75 Å². The molecule has 0 saturated carbocycles. The van der Waals surface area contributed by atoms with Gasteiger partial charge in [0.25, 0.3) is 0 Å². The fraction of sp³-hybridized carbons (Fsp3) is 0.222. The summed E-state index contributed by atoms with van der Waals surface area (Å²) in [5.41, 5.74) is 1.11. The van der Waals surface area contributed by atoms with Gasteiger partial charge in [0.05, 0.1) is 11.6 Å². The number of rotatable bonds is 0. The van der Waals surface area contributed by atoms with Crippen LogP contribution in [0.2, 0.25) is 5.02 Å². The number of hydrogen-bond acceptors (Lipinski definition) is 1. The second-order valence-electron chi connectivity index (χ2n) is 2.50. The van der Waals surface area contributed by atoms with Crippen LogP contribution < -0.4 is 4.74 Å². The molecule has 1 aromatic carbocycles. The zero-order chi connectivity index (χ0) is 7.68. The van der Waals surface area contributed by atoms with Crippen LogP contribution in [0.4, 0.5) is 0 Å². The van der Waals surface area contributed by atoms with Crippen LogP contribution in [0.15, 0.2) is 18.2 Å². The maximum absolute atomic E-state index is 5.90. The van der Waals surface area contributed by atoms with Gasteiger partial charge in [-0.25, -0.2) is 0 Å². The zero-order valence-electron chi connectivity index (χ0n) is 6.01. The third-order valence-electron chi connectivity index (χ3n) is 1.73. The molecule has 1 radical (unpaired) electrons. The van der Waals surface area contributed by atoms with Crippen LogP contribution in [0.5, 0.6) is 5.75 Å². The van der Waals surface area contributed by atoms with E-state index in [0.717, 1.165) is 24.3 Å². The fourth-order valence-electron chi connectivity index (χ4n) is 1.21. The lowest BCUT2D eigenvalue weighted by Crippen LogP contribution is -2.06. The molecule has 0 aromatic heterocycles. The van der Waals surface area contributed by atoms with Crippen molar-refractivity contribution >= 4 is 11.6 Å². The summed E-state index contributed by atoms with van der Waals surface area (Å²) in [6, 6.07) is 5.80. The van der Waals surface area contributed by atoms with Crippen molar-refractivity contribution in [3.63, 3.8) is 0 Å². The van der Waals surface area contributed by atoms with Gasteiger partial charge in [-0.3, -0.25) is 0 Å². The molecule has 0 saturated heterocycles. The Morgan fingerprint density at radius 3 is 3.09 bits per heavy atom. The topological polar surface area (TPSA) is 9.23 Å². The maximum Gasteiger partial charge on any atom is 0.141 e. The Bertz CT molecular complexity index is 270. The summed E-state index contributed by atoms with van der Waals surface area (Å²) < 4.78 is 5.39. The standard InChI is InChI=1S/C9H8ClO/c10-8-5-1-3-7-4-2-6-11-9(7)8/h1,3-5H,2,6H2. The zero-order valence-corrected chi connectivity index (χ0v) is 6.77. The average Bonchev–Trinajstić information content (AvgIpc) is 2.06. The van der Waals surface area contributed by atoms with E-state index < -0.39 is 0 Å². The molecule has 1 aromatic rings. The molecule has 1 aliphatic rings. The Kier molecular flexibility index (Phi) is 1.74. The van der Waals surface area contributed by atoms with Crippen molar-refractivity contribution in [2.45, 2.75) is 6.42 Å². The van der Waals surface area contributed by atoms with Crippen molar-refractivity contribution in [1.29, 1.82) is 0 Å². The van der Waals surface area contributed by atoms with Gasteiger partial charge in [-0.2, -0.15) is 0 Å². The van der Waals surface area contributed by atoms with Gasteiger partial charge in [0.15, 0.2) is 0 Å². The molecular formula is C9H8ClO. The van der Waals surface area contributed by atoms with Crippen molar-refractivity contribution in [1.82, 2.24) is 0 Å². The minimum atomic E-state index is 0.707. The monoisotopic (exact) mass is 167 g/mol. The van der Waals surface area contributed by atoms with Crippen molar-refractivity contribution in [2.24, 2.45) is 0 Å². The Morgan fingerprint density at radius 2 is 2.27 bits per heavy atom. The highest BCUT2D eigenvalue weighted by Gasteiger charge is 2.12. The molecule has 57 valence electrons. The highest BCUT2D eigenvalue weighted by molar-refractivity contribution is 6.32. The first-order valence-electron chi connectivity index (χ1n) is 3.62. The molecule has 0 fully saturated rings. The summed E-state index contributed by atoms with van der Waals surface area (Å²) >= 11 is 5.90. The summed E-state index contributed by atoms with van der Waals surface area (Å²) in [5.74, 6) is 0.834. The van der Waals surface area contributed by atoms with E-state index in [-0.39, 0.29) is 0 Å². The number of halogens is 1. The quantitative estimate of drug-likeness (QED) is 0.577. The summed E-state index contributed by atoms with van der Waals surface area (Å²) in [6.45, 7) is 0.747. The molecule has 0 amide bonds. The van der Waals surface area contributed by atoms with E-state index in [0.29, 0.717) is 5.02 Å². The number of para-hydroxylation sites is 1. The van der Waals surface area contributed by atoms with E-state index in [1.165, 1.54) is 0 Å². The van der Waals surface area contributed by atoms with Gasteiger partial charge in [-0.05, 0) is 24.5 Å². The summed E-state index contributed by atoms with van der Waals surface area (Å²) in [4.78, 5) is 0. The molecule has 11 heavy (non-hydrogen) atoms. The van der Waals surface area contributed by atoms with Gasteiger partial charge in [-0.15, -0.1) is 0 Å². The summed E-state index contributed by atoms with van der Waals surface area (Å²) in [7, 11) is 0. The minimum Gasteiger partial charge on any atom is -0.492 e. The predicted molar refractivity (Wildman–Crippen MR) is 45.0 cm³/mol. The molecule has 0 bridgehead atoms. The van der Waals surface area contributed by atoms with E-state index in [4.69, 9.17) is 16.3 Å². The van der Waals surface area contributed by atoms with Gasteiger partial charge in [0, 0.05) is 0 Å². The van der Waals surface area contributed by atoms with Crippen LogP contribution in [0, 0.1) is 6.42 Å². The van der Waals surface area contributed by atoms with Gasteiger partial charge in [0.2, 0.25) is 0 Å². The van der Waals surface area contributed by atoms with E-state index in [9.17, 15) is 0 Å². The molecule has 2 rings (SSSR count). The molecule has 0 N–H and O–H groups in total. The number of ether oxygens (including phenoxy) is 1. The second kappa shape index (κ2) is 2.74. The highest BCUT2D eigenvalue weighted by atomic mass is 35.5. The second-order valence-corrected chi connectivity index (χ2v) is 2.91. The molecule has 0 aliphatic carbocycles. The lowest BCUT2D eigenvalue weighted by molar-refractivity contribution is 0.306. The highest BCUT2D eigenvalue weighted by Crippen LogP contribution is 2.32. The third-order valence-corrected chi connectivity index (χ3v) is 2.02. The molecule has 0 unspecified atom stereocenters. The first-order chi connectivity index (χ1) is 5.38. The number of fused-ring (bicyclic) bond motifs is 1. The Balaban J connectivity index is 2.49. The molecular weight excluding hydrogens is 160 g/mol. The van der Waals surface area contributed by atoms with Gasteiger partial charge in [0.1, 0.15) is 5.75 Å². The maximum atomic E-state index is 5.90. The average molecular weight is 168 g/mol. The third kappa shape index (κ3) is 1.21. The molecule has 2 heteroatoms. The minimum absolute atomic E-state index is 0.707. The number of benzene rings is 1. The molecule has 1 nitrogen and oxygen atoms in total. The fourth-order valence-corrected chi connectivity index (χ4v) is 1.45. The largest absolute Gasteiger partial charge is 0.492 e. The van der Waals surface area contributed by atoms with Crippen LogP contribution in [-0.4, -0.2) is 6.61 Å². The van der Waals surface area contributed by atoms with Gasteiger partial charge in [-0.1, -0.05) is 23.7 Å². The van der Waals surface area contributed by atoms with Crippen molar-refractivity contribution in [2.75, 3.05) is 6.61 Å². The normalized spacial score (nSPS) is 15.4. The predicted octanol–water partition coefficient (Wildman–Crippen LogP) is 2.67. The SMILES string of the molecule is Clc1cccc2c1OCC[CH]2. The molecule has 0 atom stereocenters. The van der Waals surface area contributed by atoms with Crippen LogP contribution in [0.3, 0.4) is 0 Å². The first kappa shape index (κ1) is 6.99. The van der Waals surface area contributed by atoms with Crippen LogP contribution >= 0.6 is 11.6 Å². The first-order valence-corrected chi connectivity index (χ1v) is 4.00. The van der Waals surface area contributed by atoms with E-state index in [1.807, 2.05) is 18.2 Å². The van der Waals surface area contributed by atoms with Crippen LogP contribution in [0.25, 0.3) is 0 Å². The molecule has 1 heterocycles. The molecule has 0 spiro atoms. The van der Waals surface area contributed by atoms with Crippen molar-refractivity contribution < 1.29 is 4.74 Å². The lowest BCUT2D eigenvalue weighted by atomic mass is 10.1. The number of hydrogen-bond donors (Lipinski definition) is 0. The van der Waals surface area contributed by atoms with E-state index in [2.05, 4.69) is 6.42 Å². The van der Waals surface area contributed by atoms with Gasteiger partial charge < -0.3 is 4.74 Å². The Morgan fingerprint density at radius 1 is 1.36 bits per heavy atom. The van der Waals surface area contributed by atoms with Gasteiger partial charge >= 0.3 is 0 Å². The van der Waals surface area contributed by atoms with Crippen LogP contribution in [-0.2, 0) is 0 Å². The summed E-state index contributed by atoms with van der Waals surface area (Å²) in [5, 5.41) is 0.707. The molecule has 1 aliphatic heterocycles. The Labute approximate surface area is 70.9 Å². The lowest BCUT2D eigenvalue weighted by Gasteiger charge is -2.17. The van der Waals surface area contributed by atoms with Crippen molar-refractivity contribution in [3.05, 3.63) is 35.2 Å². The Hall–Kier alpha value is -0.690. The van der Waals surface area contributed by atoms with E-state index in [1.54, 1.807) is 0 Å².